The second-order valence-electron chi connectivity index (χ2n) is 4.44. The van der Waals surface area contributed by atoms with Gasteiger partial charge in [-0.1, -0.05) is 0 Å². The van der Waals surface area contributed by atoms with Gasteiger partial charge < -0.3 is 14.8 Å². The van der Waals surface area contributed by atoms with Crippen molar-refractivity contribution < 1.29 is 9.47 Å². The molecule has 0 saturated heterocycles. The molecule has 0 amide bonds. The normalized spacial score (nSPS) is 11.4. The standard InChI is InChI=1S/C12H20BrN3O2/c1-5-14-11-15-8-9(13)10(16-11)18-7-6-12(2,3)17-4/h8H,5-7H2,1-4H3,(H,14,15,16). The number of halogens is 1. The molecule has 0 saturated carbocycles. The molecule has 0 atom stereocenters. The lowest BCUT2D eigenvalue weighted by atomic mass is 10.1. The van der Waals surface area contributed by atoms with Crippen molar-refractivity contribution in [1.82, 2.24) is 9.97 Å². The Hall–Kier alpha value is -0.880. The van der Waals surface area contributed by atoms with Gasteiger partial charge in [0.2, 0.25) is 11.8 Å². The number of anilines is 1. The van der Waals surface area contributed by atoms with Crippen LogP contribution in [-0.2, 0) is 4.74 Å². The molecule has 102 valence electrons. The predicted octanol–water partition coefficient (Wildman–Crippen LogP) is 2.86. The molecule has 0 aromatic carbocycles. The molecule has 1 heterocycles. The second-order valence-corrected chi connectivity index (χ2v) is 5.29. The molecule has 0 unspecified atom stereocenters. The van der Waals surface area contributed by atoms with Crippen LogP contribution in [0, 0.1) is 0 Å². The van der Waals surface area contributed by atoms with Gasteiger partial charge in [0.1, 0.15) is 0 Å². The van der Waals surface area contributed by atoms with Gasteiger partial charge in [0, 0.05) is 20.1 Å². The van der Waals surface area contributed by atoms with Crippen LogP contribution in [0.25, 0.3) is 0 Å². The zero-order valence-corrected chi connectivity index (χ0v) is 12.9. The maximum absolute atomic E-state index is 5.64. The van der Waals surface area contributed by atoms with Gasteiger partial charge >= 0.3 is 0 Å². The van der Waals surface area contributed by atoms with Gasteiger partial charge in [-0.05, 0) is 36.7 Å². The van der Waals surface area contributed by atoms with E-state index in [0.29, 0.717) is 18.4 Å². The van der Waals surface area contributed by atoms with Gasteiger partial charge in [-0.3, -0.25) is 0 Å². The third-order valence-corrected chi connectivity index (χ3v) is 3.09. The van der Waals surface area contributed by atoms with Crippen LogP contribution in [0.2, 0.25) is 0 Å². The summed E-state index contributed by atoms with van der Waals surface area (Å²) >= 11 is 3.37. The van der Waals surface area contributed by atoms with E-state index in [4.69, 9.17) is 9.47 Å². The van der Waals surface area contributed by atoms with Gasteiger partial charge in [-0.2, -0.15) is 4.98 Å². The number of aromatic nitrogens is 2. The summed E-state index contributed by atoms with van der Waals surface area (Å²) in [6.45, 7) is 7.36. The number of rotatable bonds is 7. The molecule has 1 aromatic heterocycles. The van der Waals surface area contributed by atoms with Gasteiger partial charge in [-0.25, -0.2) is 4.98 Å². The highest BCUT2D eigenvalue weighted by Gasteiger charge is 2.16. The summed E-state index contributed by atoms with van der Waals surface area (Å²) in [5.41, 5.74) is -0.190. The topological polar surface area (TPSA) is 56.3 Å². The third kappa shape index (κ3) is 4.78. The minimum atomic E-state index is -0.190. The molecule has 0 spiro atoms. The zero-order valence-electron chi connectivity index (χ0n) is 11.3. The number of nitrogens with one attached hydrogen (secondary N) is 1. The van der Waals surface area contributed by atoms with Crippen LogP contribution in [-0.4, -0.2) is 35.8 Å². The molecule has 0 fully saturated rings. The first-order valence-corrected chi connectivity index (χ1v) is 6.72. The minimum absolute atomic E-state index is 0.190. The van der Waals surface area contributed by atoms with E-state index in [1.807, 2.05) is 20.8 Å². The average Bonchev–Trinajstić information content (AvgIpc) is 2.33. The zero-order chi connectivity index (χ0) is 13.6. The molecule has 18 heavy (non-hydrogen) atoms. The van der Waals surface area contributed by atoms with E-state index < -0.39 is 0 Å². The Morgan fingerprint density at radius 3 is 2.78 bits per heavy atom. The number of hydrogen-bond donors (Lipinski definition) is 1. The lowest BCUT2D eigenvalue weighted by Crippen LogP contribution is -2.25. The Morgan fingerprint density at radius 1 is 1.44 bits per heavy atom. The van der Waals surface area contributed by atoms with Gasteiger partial charge in [-0.15, -0.1) is 0 Å². The van der Waals surface area contributed by atoms with E-state index in [2.05, 4.69) is 31.2 Å². The first-order valence-electron chi connectivity index (χ1n) is 5.93. The number of nitrogens with zero attached hydrogens (tertiary/aromatic N) is 2. The first kappa shape index (κ1) is 15.2. The van der Waals surface area contributed by atoms with E-state index >= 15 is 0 Å². The van der Waals surface area contributed by atoms with Crippen molar-refractivity contribution in [2.45, 2.75) is 32.8 Å². The Kier molecular flexibility index (Phi) is 5.81. The predicted molar refractivity (Wildman–Crippen MR) is 75.1 cm³/mol. The molecule has 0 aliphatic rings. The van der Waals surface area contributed by atoms with Crippen molar-refractivity contribution >= 4 is 21.9 Å². The van der Waals surface area contributed by atoms with Crippen LogP contribution in [0.4, 0.5) is 5.95 Å². The van der Waals surface area contributed by atoms with Crippen LogP contribution in [0.15, 0.2) is 10.7 Å². The van der Waals surface area contributed by atoms with Crippen LogP contribution in [0.3, 0.4) is 0 Å². The summed E-state index contributed by atoms with van der Waals surface area (Å²) in [5, 5.41) is 3.05. The summed E-state index contributed by atoms with van der Waals surface area (Å²) in [6.07, 6.45) is 2.47. The van der Waals surface area contributed by atoms with E-state index in [0.717, 1.165) is 17.4 Å². The van der Waals surface area contributed by atoms with Crippen molar-refractivity contribution in [2.24, 2.45) is 0 Å². The summed E-state index contributed by atoms with van der Waals surface area (Å²) in [4.78, 5) is 8.40. The maximum Gasteiger partial charge on any atom is 0.232 e. The highest BCUT2D eigenvalue weighted by atomic mass is 79.9. The Morgan fingerprint density at radius 2 is 2.17 bits per heavy atom. The van der Waals surface area contributed by atoms with Crippen LogP contribution in [0.1, 0.15) is 27.2 Å². The lowest BCUT2D eigenvalue weighted by molar-refractivity contribution is 0.00502. The Balaban J connectivity index is 2.58. The lowest BCUT2D eigenvalue weighted by Gasteiger charge is -2.22. The average molecular weight is 318 g/mol. The third-order valence-electron chi connectivity index (χ3n) is 2.54. The summed E-state index contributed by atoms with van der Waals surface area (Å²) in [5.74, 6) is 1.12. The van der Waals surface area contributed by atoms with Gasteiger partial charge in [0.15, 0.2) is 0 Å². The van der Waals surface area contributed by atoms with E-state index in [-0.39, 0.29) is 5.60 Å². The highest BCUT2D eigenvalue weighted by Crippen LogP contribution is 2.23. The number of methoxy groups -OCH3 is 1. The Labute approximate surface area is 116 Å². The molecule has 0 aliphatic heterocycles. The summed E-state index contributed by atoms with van der Waals surface area (Å²) in [6, 6.07) is 0. The molecule has 1 N–H and O–H groups in total. The highest BCUT2D eigenvalue weighted by molar-refractivity contribution is 9.10. The fraction of sp³-hybridized carbons (Fsp3) is 0.667. The van der Waals surface area contributed by atoms with Crippen LogP contribution < -0.4 is 10.1 Å². The number of ether oxygens (including phenoxy) is 2. The van der Waals surface area contributed by atoms with Gasteiger partial charge in [0.25, 0.3) is 0 Å². The van der Waals surface area contributed by atoms with Crippen molar-refractivity contribution in [2.75, 3.05) is 25.6 Å². The summed E-state index contributed by atoms with van der Waals surface area (Å²) < 4.78 is 11.7. The fourth-order valence-electron chi connectivity index (χ4n) is 1.19. The van der Waals surface area contributed by atoms with E-state index in [1.54, 1.807) is 13.3 Å². The van der Waals surface area contributed by atoms with Crippen molar-refractivity contribution in [3.05, 3.63) is 10.7 Å². The largest absolute Gasteiger partial charge is 0.477 e. The smallest absolute Gasteiger partial charge is 0.232 e. The SMILES string of the molecule is CCNc1ncc(Br)c(OCCC(C)(C)OC)n1. The van der Waals surface area contributed by atoms with Crippen LogP contribution >= 0.6 is 15.9 Å². The van der Waals surface area contributed by atoms with Crippen molar-refractivity contribution in [3.8, 4) is 5.88 Å². The molecular formula is C12H20BrN3O2. The molecule has 6 heteroatoms. The summed E-state index contributed by atoms with van der Waals surface area (Å²) in [7, 11) is 1.70. The fourth-order valence-corrected chi connectivity index (χ4v) is 1.50. The molecule has 1 rings (SSSR count). The van der Waals surface area contributed by atoms with E-state index in [1.165, 1.54) is 0 Å². The quantitative estimate of drug-likeness (QED) is 0.838. The molecule has 1 aromatic rings. The van der Waals surface area contributed by atoms with Crippen molar-refractivity contribution in [1.29, 1.82) is 0 Å². The number of hydrogen-bond acceptors (Lipinski definition) is 5. The van der Waals surface area contributed by atoms with Crippen LogP contribution in [0.5, 0.6) is 5.88 Å². The minimum Gasteiger partial charge on any atom is -0.477 e. The molecule has 0 aliphatic carbocycles. The Bertz CT molecular complexity index is 386. The monoisotopic (exact) mass is 317 g/mol. The van der Waals surface area contributed by atoms with Crippen molar-refractivity contribution in [3.63, 3.8) is 0 Å². The molecule has 0 radical (unpaired) electrons. The molecular weight excluding hydrogens is 298 g/mol. The van der Waals surface area contributed by atoms with E-state index in [9.17, 15) is 0 Å². The maximum atomic E-state index is 5.64. The first-order chi connectivity index (χ1) is 8.48. The molecule has 5 nitrogen and oxygen atoms in total. The second kappa shape index (κ2) is 6.89. The van der Waals surface area contributed by atoms with Gasteiger partial charge in [0.05, 0.1) is 22.9 Å². The molecule has 0 bridgehead atoms.